The number of benzene rings is 1. The lowest BCUT2D eigenvalue weighted by Crippen LogP contribution is -2.51. The molecule has 24 heavy (non-hydrogen) atoms. The van der Waals surface area contributed by atoms with E-state index in [4.69, 9.17) is 5.73 Å². The highest BCUT2D eigenvalue weighted by Gasteiger charge is 2.35. The number of hydrogen-bond donors (Lipinski definition) is 2. The largest absolute Gasteiger partial charge is 0.353 e. The molecule has 1 aliphatic rings. The van der Waals surface area contributed by atoms with Crippen LogP contribution in [0.5, 0.6) is 0 Å². The van der Waals surface area contributed by atoms with Crippen molar-refractivity contribution in [1.82, 2.24) is 10.2 Å². The molecule has 1 aromatic rings. The van der Waals surface area contributed by atoms with Crippen LogP contribution in [0.15, 0.2) is 24.3 Å². The van der Waals surface area contributed by atoms with Crippen LogP contribution in [-0.2, 0) is 11.3 Å². The molecule has 1 aliphatic heterocycles. The maximum absolute atomic E-state index is 13.0. The van der Waals surface area contributed by atoms with Crippen molar-refractivity contribution >= 4 is 5.91 Å². The number of nitrogens with one attached hydrogen (secondary N) is 1. The Hall–Kier alpha value is -1.46. The summed E-state index contributed by atoms with van der Waals surface area (Å²) in [6.07, 6.45) is 3.44. The van der Waals surface area contributed by atoms with Crippen molar-refractivity contribution in [2.24, 2.45) is 11.1 Å². The number of nitrogens with two attached hydrogens (primary N) is 1. The highest BCUT2D eigenvalue weighted by molar-refractivity contribution is 5.83. The fraction of sp³-hybridized carbons (Fsp3) is 0.632. The fourth-order valence-electron chi connectivity index (χ4n) is 3.37. The SMILES string of the molecule is CCC(CC)(CN)C(=O)NC1CCN(Cc2ccc(F)cc2)CC1. The summed E-state index contributed by atoms with van der Waals surface area (Å²) in [4.78, 5) is 14.9. The zero-order valence-corrected chi connectivity index (χ0v) is 14.9. The number of rotatable bonds is 7. The van der Waals surface area contributed by atoms with Crippen LogP contribution in [0.2, 0.25) is 0 Å². The molecule has 0 unspecified atom stereocenters. The Labute approximate surface area is 144 Å². The minimum absolute atomic E-state index is 0.104. The molecule has 0 bridgehead atoms. The van der Waals surface area contributed by atoms with E-state index in [2.05, 4.69) is 10.2 Å². The molecule has 0 aliphatic carbocycles. The van der Waals surface area contributed by atoms with Crippen LogP contribution in [0.4, 0.5) is 4.39 Å². The van der Waals surface area contributed by atoms with Crippen molar-refractivity contribution in [3.05, 3.63) is 35.6 Å². The molecule has 1 aromatic carbocycles. The summed E-state index contributed by atoms with van der Waals surface area (Å²) in [5.41, 5.74) is 6.56. The zero-order valence-electron chi connectivity index (χ0n) is 14.9. The van der Waals surface area contributed by atoms with E-state index >= 15 is 0 Å². The van der Waals surface area contributed by atoms with Crippen LogP contribution in [-0.4, -0.2) is 36.5 Å². The zero-order chi connectivity index (χ0) is 17.6. The van der Waals surface area contributed by atoms with Crippen LogP contribution in [0, 0.1) is 11.2 Å². The van der Waals surface area contributed by atoms with Crippen molar-refractivity contribution in [2.75, 3.05) is 19.6 Å². The van der Waals surface area contributed by atoms with E-state index in [1.54, 1.807) is 0 Å². The molecule has 2 rings (SSSR count). The third-order valence-corrected chi connectivity index (χ3v) is 5.47. The summed E-state index contributed by atoms with van der Waals surface area (Å²) in [5, 5.41) is 3.21. The van der Waals surface area contributed by atoms with Gasteiger partial charge in [-0.05, 0) is 43.4 Å². The van der Waals surface area contributed by atoms with Crippen molar-refractivity contribution in [2.45, 2.75) is 52.1 Å². The number of halogens is 1. The van der Waals surface area contributed by atoms with Gasteiger partial charge in [0.1, 0.15) is 5.82 Å². The Kier molecular flexibility index (Phi) is 6.75. The number of hydrogen-bond acceptors (Lipinski definition) is 3. The van der Waals surface area contributed by atoms with E-state index in [1.165, 1.54) is 12.1 Å². The summed E-state index contributed by atoms with van der Waals surface area (Å²) >= 11 is 0. The number of likely N-dealkylation sites (tertiary alicyclic amines) is 1. The maximum Gasteiger partial charge on any atom is 0.227 e. The summed E-state index contributed by atoms with van der Waals surface area (Å²) < 4.78 is 13.0. The molecule has 1 saturated heterocycles. The molecule has 0 atom stereocenters. The second kappa shape index (κ2) is 8.58. The lowest BCUT2D eigenvalue weighted by Gasteiger charge is -2.35. The van der Waals surface area contributed by atoms with Crippen LogP contribution >= 0.6 is 0 Å². The summed E-state index contributed by atoms with van der Waals surface area (Å²) in [7, 11) is 0. The maximum atomic E-state index is 13.0. The molecule has 4 nitrogen and oxygen atoms in total. The molecule has 0 aromatic heterocycles. The lowest BCUT2D eigenvalue weighted by atomic mass is 9.81. The van der Waals surface area contributed by atoms with Gasteiger partial charge in [0.25, 0.3) is 0 Å². The van der Waals surface area contributed by atoms with Crippen molar-refractivity contribution in [3.63, 3.8) is 0 Å². The minimum atomic E-state index is -0.425. The van der Waals surface area contributed by atoms with Gasteiger partial charge in [-0.3, -0.25) is 9.69 Å². The van der Waals surface area contributed by atoms with Crippen LogP contribution in [0.1, 0.15) is 45.1 Å². The highest BCUT2D eigenvalue weighted by Crippen LogP contribution is 2.26. The Morgan fingerprint density at radius 1 is 1.25 bits per heavy atom. The van der Waals surface area contributed by atoms with Gasteiger partial charge >= 0.3 is 0 Å². The average molecular weight is 335 g/mol. The molecule has 3 N–H and O–H groups in total. The first-order valence-electron chi connectivity index (χ1n) is 9.01. The van der Waals surface area contributed by atoms with Gasteiger partial charge in [0, 0.05) is 32.2 Å². The first kappa shape index (κ1) is 18.9. The third-order valence-electron chi connectivity index (χ3n) is 5.47. The molecule has 134 valence electrons. The Morgan fingerprint density at radius 2 is 1.83 bits per heavy atom. The summed E-state index contributed by atoms with van der Waals surface area (Å²) in [6.45, 7) is 7.17. The van der Waals surface area contributed by atoms with Gasteiger partial charge < -0.3 is 11.1 Å². The van der Waals surface area contributed by atoms with Crippen LogP contribution in [0.25, 0.3) is 0 Å². The Bertz CT molecular complexity index is 512. The van der Waals surface area contributed by atoms with Crippen molar-refractivity contribution in [3.8, 4) is 0 Å². The summed E-state index contributed by atoms with van der Waals surface area (Å²) in [5.74, 6) is -0.0950. The van der Waals surface area contributed by atoms with E-state index in [1.807, 2.05) is 26.0 Å². The van der Waals surface area contributed by atoms with Gasteiger partial charge in [-0.2, -0.15) is 0 Å². The first-order valence-corrected chi connectivity index (χ1v) is 9.01. The molecular formula is C19H30FN3O. The molecule has 0 spiro atoms. The molecule has 0 radical (unpaired) electrons. The van der Waals surface area contributed by atoms with E-state index in [0.717, 1.165) is 50.9 Å². The van der Waals surface area contributed by atoms with Crippen molar-refractivity contribution in [1.29, 1.82) is 0 Å². The number of carbonyl (C=O) groups is 1. The van der Waals surface area contributed by atoms with Crippen molar-refractivity contribution < 1.29 is 9.18 Å². The third kappa shape index (κ3) is 4.54. The van der Waals surface area contributed by atoms with Gasteiger partial charge in [0.2, 0.25) is 5.91 Å². The van der Waals surface area contributed by atoms with Gasteiger partial charge in [-0.1, -0.05) is 26.0 Å². The number of amides is 1. The molecule has 1 amide bonds. The van der Waals surface area contributed by atoms with E-state index in [0.29, 0.717) is 6.54 Å². The predicted molar refractivity (Wildman–Crippen MR) is 94.9 cm³/mol. The number of carbonyl (C=O) groups excluding carboxylic acids is 1. The standard InChI is InChI=1S/C19H30FN3O/c1-3-19(4-2,14-21)18(24)22-17-9-11-23(12-10-17)13-15-5-7-16(20)8-6-15/h5-8,17H,3-4,9-14,21H2,1-2H3,(H,22,24). The van der Waals surface area contributed by atoms with Gasteiger partial charge in [0.15, 0.2) is 0 Å². The van der Waals surface area contributed by atoms with E-state index in [9.17, 15) is 9.18 Å². The topological polar surface area (TPSA) is 58.4 Å². The highest BCUT2D eigenvalue weighted by atomic mass is 19.1. The molecule has 1 heterocycles. The predicted octanol–water partition coefficient (Wildman–Crippen LogP) is 2.67. The normalized spacial score (nSPS) is 17.0. The number of nitrogens with zero attached hydrogens (tertiary/aromatic N) is 1. The van der Waals surface area contributed by atoms with Crippen LogP contribution in [0.3, 0.4) is 0 Å². The first-order chi connectivity index (χ1) is 11.5. The van der Waals surface area contributed by atoms with Crippen LogP contribution < -0.4 is 11.1 Å². The van der Waals surface area contributed by atoms with E-state index < -0.39 is 5.41 Å². The monoisotopic (exact) mass is 335 g/mol. The summed E-state index contributed by atoms with van der Waals surface area (Å²) in [6, 6.07) is 6.91. The molecule has 1 fully saturated rings. The smallest absolute Gasteiger partial charge is 0.227 e. The van der Waals surface area contributed by atoms with E-state index in [-0.39, 0.29) is 17.8 Å². The Balaban J connectivity index is 1.82. The average Bonchev–Trinajstić information content (AvgIpc) is 2.61. The second-order valence-electron chi connectivity index (χ2n) is 6.84. The second-order valence-corrected chi connectivity index (χ2v) is 6.84. The van der Waals surface area contributed by atoms with Gasteiger partial charge in [0.05, 0.1) is 5.41 Å². The minimum Gasteiger partial charge on any atom is -0.353 e. The molecular weight excluding hydrogens is 305 g/mol. The Morgan fingerprint density at radius 3 is 2.33 bits per heavy atom. The lowest BCUT2D eigenvalue weighted by molar-refractivity contribution is -0.132. The molecule has 5 heteroatoms. The molecule has 0 saturated carbocycles. The quantitative estimate of drug-likeness (QED) is 0.805. The van der Waals surface area contributed by atoms with Gasteiger partial charge in [-0.25, -0.2) is 4.39 Å². The fourth-order valence-corrected chi connectivity index (χ4v) is 3.37. The number of piperidine rings is 1. The van der Waals surface area contributed by atoms with Gasteiger partial charge in [-0.15, -0.1) is 0 Å².